The molecule has 2 heteroatoms. The van der Waals surface area contributed by atoms with E-state index in [0.717, 1.165) is 6.42 Å². The highest BCUT2D eigenvalue weighted by Gasteiger charge is 2.04. The Bertz CT molecular complexity index is 119. The predicted molar refractivity (Wildman–Crippen MR) is 65.8 cm³/mol. The second-order valence-electron chi connectivity index (χ2n) is 3.75. The van der Waals surface area contributed by atoms with Gasteiger partial charge in [0.05, 0.1) is 6.00 Å². The molecule has 0 amide bonds. The molecule has 14 heavy (non-hydrogen) atoms. The van der Waals surface area contributed by atoms with E-state index in [9.17, 15) is 0 Å². The van der Waals surface area contributed by atoms with E-state index in [4.69, 9.17) is 11.6 Å². The molecule has 0 spiro atoms. The smallest absolute Gasteiger partial charge is 0.0715 e. The van der Waals surface area contributed by atoms with Gasteiger partial charge in [-0.05, 0) is 25.7 Å². The van der Waals surface area contributed by atoms with Crippen molar-refractivity contribution in [3.05, 3.63) is 12.7 Å². The molecule has 0 aromatic heterocycles. The molecule has 0 aliphatic carbocycles. The molecule has 1 atom stereocenters. The second-order valence-corrected chi connectivity index (χ2v) is 4.02. The Morgan fingerprint density at radius 2 is 2.07 bits per heavy atom. The number of unbranched alkanes of at least 4 members (excludes halogenated alkanes) is 3. The minimum atomic E-state index is 0.581. The fraction of sp³-hybridized carbons (Fsp3) is 0.833. The molecule has 0 saturated heterocycles. The van der Waals surface area contributed by atoms with E-state index in [-0.39, 0.29) is 0 Å². The van der Waals surface area contributed by atoms with Crippen LogP contribution in [0.15, 0.2) is 12.7 Å². The number of allylic oxidation sites excluding steroid dienone is 1. The van der Waals surface area contributed by atoms with Crippen molar-refractivity contribution in [3.63, 3.8) is 0 Å². The maximum Gasteiger partial charge on any atom is 0.0715 e. The lowest BCUT2D eigenvalue weighted by Gasteiger charge is -2.15. The monoisotopic (exact) mass is 217 g/mol. The van der Waals surface area contributed by atoms with Crippen molar-refractivity contribution in [2.45, 2.75) is 57.9 Å². The molecule has 1 nitrogen and oxygen atoms in total. The zero-order valence-electron chi connectivity index (χ0n) is 9.40. The normalized spacial score (nSPS) is 12.7. The summed E-state index contributed by atoms with van der Waals surface area (Å²) in [5, 5.41) is 3.32. The van der Waals surface area contributed by atoms with Crippen molar-refractivity contribution in [2.24, 2.45) is 0 Å². The van der Waals surface area contributed by atoms with E-state index >= 15 is 0 Å². The molecule has 1 N–H and O–H groups in total. The van der Waals surface area contributed by atoms with Gasteiger partial charge >= 0.3 is 0 Å². The molecule has 0 fully saturated rings. The molecule has 1 unspecified atom stereocenters. The summed E-state index contributed by atoms with van der Waals surface area (Å²) < 4.78 is 0. The third-order valence-electron chi connectivity index (χ3n) is 2.46. The summed E-state index contributed by atoms with van der Waals surface area (Å²) in [5.41, 5.74) is 0. The molecule has 0 bridgehead atoms. The Kier molecular flexibility index (Phi) is 11.1. The Hall–Kier alpha value is -0.0100. The summed E-state index contributed by atoms with van der Waals surface area (Å²) in [7, 11) is 0. The van der Waals surface area contributed by atoms with Crippen LogP contribution >= 0.6 is 11.6 Å². The minimum absolute atomic E-state index is 0.581. The third kappa shape index (κ3) is 8.58. The fourth-order valence-corrected chi connectivity index (χ4v) is 1.88. The highest BCUT2D eigenvalue weighted by molar-refractivity contribution is 6.17. The van der Waals surface area contributed by atoms with Crippen LogP contribution in [0.2, 0.25) is 0 Å². The third-order valence-corrected chi connectivity index (χ3v) is 2.62. The summed E-state index contributed by atoms with van der Waals surface area (Å²) in [4.78, 5) is 0. The highest BCUT2D eigenvalue weighted by atomic mass is 35.5. The first-order valence-corrected chi connectivity index (χ1v) is 6.28. The predicted octanol–water partition coefficient (Wildman–Crippen LogP) is 4.08. The van der Waals surface area contributed by atoms with Gasteiger partial charge in [0, 0.05) is 6.04 Å². The van der Waals surface area contributed by atoms with Crippen LogP contribution in [0.1, 0.15) is 51.9 Å². The van der Waals surface area contributed by atoms with Crippen molar-refractivity contribution in [2.75, 3.05) is 6.00 Å². The zero-order valence-corrected chi connectivity index (χ0v) is 10.2. The van der Waals surface area contributed by atoms with Gasteiger partial charge in [-0.3, -0.25) is 0 Å². The number of nitrogens with one attached hydrogen (secondary N) is 1. The topological polar surface area (TPSA) is 12.0 Å². The summed E-state index contributed by atoms with van der Waals surface area (Å²) in [6.07, 6.45) is 10.8. The first kappa shape index (κ1) is 14.0. The van der Waals surface area contributed by atoms with Crippen molar-refractivity contribution in [3.8, 4) is 0 Å². The average Bonchev–Trinajstić information content (AvgIpc) is 2.18. The van der Waals surface area contributed by atoms with Crippen LogP contribution in [0.5, 0.6) is 0 Å². The first-order valence-electron chi connectivity index (χ1n) is 5.75. The van der Waals surface area contributed by atoms with Gasteiger partial charge < -0.3 is 5.32 Å². The Labute approximate surface area is 93.9 Å². The molecule has 0 radical (unpaired) electrons. The molecule has 0 rings (SSSR count). The van der Waals surface area contributed by atoms with Gasteiger partial charge in [-0.15, -0.1) is 18.2 Å². The molecular formula is C12H24ClN. The largest absolute Gasteiger partial charge is 0.301 e. The quantitative estimate of drug-likeness (QED) is 0.252. The van der Waals surface area contributed by atoms with Crippen LogP contribution in [-0.4, -0.2) is 12.0 Å². The fourth-order valence-electron chi connectivity index (χ4n) is 1.66. The standard InChI is InChI=1S/C12H24ClN/c1-3-5-6-7-8-10-12(9-4-2)14-11-13/h3,12,14H,1,4-11H2,2H3. The van der Waals surface area contributed by atoms with Gasteiger partial charge in [0.15, 0.2) is 0 Å². The van der Waals surface area contributed by atoms with E-state index < -0.39 is 0 Å². The molecule has 0 aromatic rings. The first-order chi connectivity index (χ1) is 6.85. The summed E-state index contributed by atoms with van der Waals surface area (Å²) >= 11 is 5.67. The summed E-state index contributed by atoms with van der Waals surface area (Å²) in [6.45, 7) is 5.95. The lowest BCUT2D eigenvalue weighted by Crippen LogP contribution is -2.27. The van der Waals surface area contributed by atoms with Crippen LogP contribution in [-0.2, 0) is 0 Å². The molecule has 0 aromatic carbocycles. The van der Waals surface area contributed by atoms with Crippen LogP contribution in [0.3, 0.4) is 0 Å². The number of halogens is 1. The van der Waals surface area contributed by atoms with Crippen molar-refractivity contribution in [1.82, 2.24) is 5.32 Å². The number of alkyl halides is 1. The molecule has 0 heterocycles. The van der Waals surface area contributed by atoms with Crippen LogP contribution < -0.4 is 5.32 Å². The zero-order chi connectivity index (χ0) is 10.6. The number of hydrogen-bond acceptors (Lipinski definition) is 1. The van der Waals surface area contributed by atoms with Gasteiger partial charge in [-0.25, -0.2) is 0 Å². The van der Waals surface area contributed by atoms with Gasteiger partial charge in [-0.2, -0.15) is 0 Å². The SMILES string of the molecule is C=CCCCCCC(CCC)NCCl. The number of hydrogen-bond donors (Lipinski definition) is 1. The van der Waals surface area contributed by atoms with Crippen molar-refractivity contribution >= 4 is 11.6 Å². The van der Waals surface area contributed by atoms with E-state index in [1.165, 1.54) is 38.5 Å². The van der Waals surface area contributed by atoms with E-state index in [2.05, 4.69) is 18.8 Å². The van der Waals surface area contributed by atoms with E-state index in [1.54, 1.807) is 0 Å². The lowest BCUT2D eigenvalue weighted by atomic mass is 10.0. The number of rotatable bonds is 10. The summed E-state index contributed by atoms with van der Waals surface area (Å²) in [6, 6.07) is 1.21. The van der Waals surface area contributed by atoms with Crippen molar-refractivity contribution in [1.29, 1.82) is 0 Å². The lowest BCUT2D eigenvalue weighted by molar-refractivity contribution is 0.452. The molecule has 84 valence electrons. The van der Waals surface area contributed by atoms with E-state index in [1.807, 2.05) is 6.08 Å². The Morgan fingerprint density at radius 1 is 1.29 bits per heavy atom. The highest BCUT2D eigenvalue weighted by Crippen LogP contribution is 2.09. The van der Waals surface area contributed by atoms with Gasteiger partial charge in [0.2, 0.25) is 0 Å². The van der Waals surface area contributed by atoms with Gasteiger partial charge in [-0.1, -0.05) is 32.3 Å². The van der Waals surface area contributed by atoms with Crippen LogP contribution in [0, 0.1) is 0 Å². The van der Waals surface area contributed by atoms with Crippen LogP contribution in [0.25, 0.3) is 0 Å². The average molecular weight is 218 g/mol. The Morgan fingerprint density at radius 3 is 2.64 bits per heavy atom. The minimum Gasteiger partial charge on any atom is -0.301 e. The summed E-state index contributed by atoms with van der Waals surface area (Å²) in [5.74, 6) is 0. The van der Waals surface area contributed by atoms with Crippen molar-refractivity contribution < 1.29 is 0 Å². The molecule has 0 aliphatic heterocycles. The van der Waals surface area contributed by atoms with Gasteiger partial charge in [0.25, 0.3) is 0 Å². The van der Waals surface area contributed by atoms with Gasteiger partial charge in [0.1, 0.15) is 0 Å². The molecular weight excluding hydrogens is 194 g/mol. The maximum atomic E-state index is 5.67. The Balaban J connectivity index is 3.34. The molecule has 0 aliphatic rings. The van der Waals surface area contributed by atoms with Crippen LogP contribution in [0.4, 0.5) is 0 Å². The molecule has 0 saturated carbocycles. The second kappa shape index (κ2) is 11.1. The van der Waals surface area contributed by atoms with E-state index in [0.29, 0.717) is 12.0 Å². The maximum absolute atomic E-state index is 5.67.